The number of benzene rings is 3. The molecule has 4 aromatic rings. The Morgan fingerprint density at radius 1 is 0.833 bits per heavy atom. The molecule has 1 heterocycles. The van der Waals surface area contributed by atoms with Crippen LogP contribution in [-0.4, -0.2) is 58.5 Å². The van der Waals surface area contributed by atoms with E-state index in [1.807, 2.05) is 36.7 Å². The zero-order chi connectivity index (χ0) is 38.0. The summed E-state index contributed by atoms with van der Waals surface area (Å²) in [4.78, 5) is 48.8. The summed E-state index contributed by atoms with van der Waals surface area (Å²) >= 11 is 0. The third kappa shape index (κ3) is 9.53. The molecule has 6 rings (SSSR count). The van der Waals surface area contributed by atoms with E-state index in [1.54, 1.807) is 42.5 Å². The van der Waals surface area contributed by atoms with Crippen LogP contribution in [0.5, 0.6) is 11.5 Å². The van der Waals surface area contributed by atoms with E-state index in [-0.39, 0.29) is 18.9 Å². The minimum atomic E-state index is -1.12. The molecule has 2 aliphatic carbocycles. The molecule has 1 fully saturated rings. The number of carboxylic acids is 1. The smallest absolute Gasteiger partial charge is 0.323 e. The number of methoxy groups -OCH3 is 2. The lowest BCUT2D eigenvalue weighted by molar-refractivity contribution is -0.137. The predicted octanol–water partition coefficient (Wildman–Crippen LogP) is 8.47. The van der Waals surface area contributed by atoms with Crippen molar-refractivity contribution < 1.29 is 29.0 Å². The van der Waals surface area contributed by atoms with Gasteiger partial charge in [-0.2, -0.15) is 0 Å². The van der Waals surface area contributed by atoms with Crippen LogP contribution in [0.4, 0.5) is 5.69 Å². The van der Waals surface area contributed by atoms with E-state index in [0.717, 1.165) is 47.3 Å². The molecule has 0 spiro atoms. The van der Waals surface area contributed by atoms with Crippen molar-refractivity contribution in [1.82, 2.24) is 14.9 Å². The van der Waals surface area contributed by atoms with Crippen molar-refractivity contribution in [2.75, 3.05) is 26.1 Å². The summed E-state index contributed by atoms with van der Waals surface area (Å²) in [6.45, 7) is 1.95. The normalized spacial score (nSPS) is 18.3. The number of carbonyl (C=O) groups excluding carboxylic acids is 2. The summed E-state index contributed by atoms with van der Waals surface area (Å²) in [5.41, 5.74) is 5.43. The van der Waals surface area contributed by atoms with Gasteiger partial charge in [0.25, 0.3) is 5.91 Å². The predicted molar refractivity (Wildman–Crippen MR) is 209 cm³/mol. The van der Waals surface area contributed by atoms with Gasteiger partial charge in [0, 0.05) is 46.9 Å². The standard InChI is InChI=1S/C44H50N4O6/c1-4-29-8-12-31(13-9-29)32-16-18-33(19-17-32)36-25-45-43(46-26-36)34-14-10-30(11-15-34)27-48(28-42(50)51)44(52)35-20-22-37(23-21-35)47-41(49)24-38-39(53-2)6-5-7-40(38)54-3/h5-7,10-11,14-15,18,20-23,25-26,29,31-32H,4,8-9,12-13,16-17,19,24,27-28H2,1-3H3,(H,47,49)(H,50,51). The SMILES string of the molecule is CCC1CCC(C2CC=C(c3cnc(-c4ccc(CN(CC(=O)O)C(=O)c5ccc(NC(=O)Cc6c(OC)cccc6OC)cc5)cc4)nc3)CC2)CC1. The summed E-state index contributed by atoms with van der Waals surface area (Å²) in [5, 5.41) is 12.4. The van der Waals surface area contributed by atoms with Crippen LogP contribution in [0.1, 0.15) is 85.3 Å². The van der Waals surface area contributed by atoms with Crippen molar-refractivity contribution in [3.8, 4) is 22.9 Å². The van der Waals surface area contributed by atoms with Gasteiger partial charge in [0.15, 0.2) is 5.82 Å². The van der Waals surface area contributed by atoms with Gasteiger partial charge in [-0.15, -0.1) is 0 Å². The molecule has 0 bridgehead atoms. The maximum atomic E-state index is 13.5. The number of ether oxygens (including phenoxy) is 2. The fraction of sp³-hybridized carbons (Fsp3) is 0.386. The molecular formula is C44H50N4O6. The maximum Gasteiger partial charge on any atom is 0.323 e. The molecule has 2 N–H and O–H groups in total. The molecule has 282 valence electrons. The minimum Gasteiger partial charge on any atom is -0.496 e. The third-order valence-corrected chi connectivity index (χ3v) is 11.1. The van der Waals surface area contributed by atoms with Crippen molar-refractivity contribution in [3.05, 3.63) is 107 Å². The van der Waals surface area contributed by atoms with Crippen LogP contribution >= 0.6 is 0 Å². The van der Waals surface area contributed by atoms with E-state index in [2.05, 4.69) is 28.3 Å². The highest BCUT2D eigenvalue weighted by atomic mass is 16.5. The molecular weight excluding hydrogens is 681 g/mol. The first-order chi connectivity index (χ1) is 26.2. The monoisotopic (exact) mass is 730 g/mol. The first kappa shape index (κ1) is 38.2. The average molecular weight is 731 g/mol. The molecule has 2 amide bonds. The van der Waals surface area contributed by atoms with E-state index >= 15 is 0 Å². The Morgan fingerprint density at radius 2 is 1.50 bits per heavy atom. The second-order valence-corrected chi connectivity index (χ2v) is 14.4. The molecule has 0 radical (unpaired) electrons. The Morgan fingerprint density at radius 3 is 2.07 bits per heavy atom. The first-order valence-corrected chi connectivity index (χ1v) is 19.0. The van der Waals surface area contributed by atoms with E-state index in [1.165, 1.54) is 63.2 Å². The number of rotatable bonds is 14. The highest BCUT2D eigenvalue weighted by molar-refractivity contribution is 5.97. The summed E-state index contributed by atoms with van der Waals surface area (Å²) in [7, 11) is 3.06. The first-order valence-electron chi connectivity index (χ1n) is 19.0. The van der Waals surface area contributed by atoms with Gasteiger partial charge in [-0.05, 0) is 97.4 Å². The Kier molecular flexibility index (Phi) is 12.7. The van der Waals surface area contributed by atoms with Crippen LogP contribution in [0.2, 0.25) is 0 Å². The fourth-order valence-corrected chi connectivity index (χ4v) is 7.94. The summed E-state index contributed by atoms with van der Waals surface area (Å²) in [6, 6.07) is 19.2. The number of aromatic nitrogens is 2. The number of hydrogen-bond acceptors (Lipinski definition) is 7. The molecule has 1 unspecified atom stereocenters. The molecule has 1 atom stereocenters. The van der Waals surface area contributed by atoms with Crippen molar-refractivity contribution in [1.29, 1.82) is 0 Å². The molecule has 10 heteroatoms. The van der Waals surface area contributed by atoms with Crippen LogP contribution in [-0.2, 0) is 22.6 Å². The number of aliphatic carboxylic acids is 1. The number of anilines is 1. The van der Waals surface area contributed by atoms with Gasteiger partial charge in [0.1, 0.15) is 18.0 Å². The highest BCUT2D eigenvalue weighted by Gasteiger charge is 2.28. The summed E-state index contributed by atoms with van der Waals surface area (Å²) < 4.78 is 10.8. The molecule has 3 aromatic carbocycles. The van der Waals surface area contributed by atoms with Gasteiger partial charge in [-0.25, -0.2) is 9.97 Å². The average Bonchev–Trinajstić information content (AvgIpc) is 3.21. The van der Waals surface area contributed by atoms with Gasteiger partial charge < -0.3 is 24.8 Å². The third-order valence-electron chi connectivity index (χ3n) is 11.1. The van der Waals surface area contributed by atoms with Crippen molar-refractivity contribution >= 4 is 29.0 Å². The van der Waals surface area contributed by atoms with E-state index in [0.29, 0.717) is 34.1 Å². The zero-order valence-electron chi connectivity index (χ0n) is 31.4. The van der Waals surface area contributed by atoms with Crippen LogP contribution < -0.4 is 14.8 Å². The number of carboxylic acid groups (broad SMARTS) is 1. The van der Waals surface area contributed by atoms with Crippen molar-refractivity contribution in [2.45, 2.75) is 71.3 Å². The fourth-order valence-electron chi connectivity index (χ4n) is 7.94. The quantitative estimate of drug-likeness (QED) is 0.132. The lowest BCUT2D eigenvalue weighted by Gasteiger charge is -2.35. The minimum absolute atomic E-state index is 0.0228. The van der Waals surface area contributed by atoms with Crippen LogP contribution in [0.15, 0.2) is 85.2 Å². The Bertz CT molecular complexity index is 1910. The summed E-state index contributed by atoms with van der Waals surface area (Å²) in [6.07, 6.45) is 16.6. The topological polar surface area (TPSA) is 131 Å². The zero-order valence-corrected chi connectivity index (χ0v) is 31.4. The number of allylic oxidation sites excluding steroid dienone is 2. The largest absolute Gasteiger partial charge is 0.496 e. The molecule has 1 saturated carbocycles. The van der Waals surface area contributed by atoms with E-state index in [4.69, 9.17) is 9.47 Å². The van der Waals surface area contributed by atoms with Gasteiger partial charge in [0.05, 0.1) is 20.6 Å². The second kappa shape index (κ2) is 18.0. The van der Waals surface area contributed by atoms with Gasteiger partial charge in [0.2, 0.25) is 5.91 Å². The van der Waals surface area contributed by atoms with Crippen molar-refractivity contribution in [2.24, 2.45) is 17.8 Å². The van der Waals surface area contributed by atoms with Gasteiger partial charge in [-0.1, -0.05) is 62.6 Å². The van der Waals surface area contributed by atoms with Crippen LogP contribution in [0.3, 0.4) is 0 Å². The maximum absolute atomic E-state index is 13.5. The Hall–Kier alpha value is -5.51. The van der Waals surface area contributed by atoms with Crippen molar-refractivity contribution in [3.63, 3.8) is 0 Å². The van der Waals surface area contributed by atoms with Gasteiger partial charge in [-0.3, -0.25) is 14.4 Å². The van der Waals surface area contributed by atoms with E-state index < -0.39 is 18.4 Å². The molecule has 2 aliphatic rings. The lowest BCUT2D eigenvalue weighted by Crippen LogP contribution is -2.35. The van der Waals surface area contributed by atoms with Gasteiger partial charge >= 0.3 is 5.97 Å². The Labute approximate surface area is 317 Å². The van der Waals surface area contributed by atoms with E-state index in [9.17, 15) is 19.5 Å². The molecule has 0 aliphatic heterocycles. The molecule has 0 saturated heterocycles. The molecule has 54 heavy (non-hydrogen) atoms. The number of hydrogen-bond donors (Lipinski definition) is 2. The number of amides is 2. The van der Waals surface area contributed by atoms with Crippen LogP contribution in [0, 0.1) is 17.8 Å². The number of carbonyl (C=O) groups is 3. The van der Waals surface area contributed by atoms with Crippen LogP contribution in [0.25, 0.3) is 17.0 Å². The molecule has 1 aromatic heterocycles. The summed E-state index contributed by atoms with van der Waals surface area (Å²) in [5.74, 6) is 2.45. The number of nitrogens with one attached hydrogen (secondary N) is 1. The Balaban J connectivity index is 1.04. The number of nitrogens with zero attached hydrogens (tertiary/aromatic N) is 3. The second-order valence-electron chi connectivity index (χ2n) is 14.4. The molecule has 10 nitrogen and oxygen atoms in total. The lowest BCUT2D eigenvalue weighted by atomic mass is 9.71. The highest BCUT2D eigenvalue weighted by Crippen LogP contribution is 2.41.